The summed E-state index contributed by atoms with van der Waals surface area (Å²) in [5.41, 5.74) is 1.26. The Labute approximate surface area is 123 Å². The molecule has 1 aromatic carbocycles. The maximum atomic E-state index is 11.4. The van der Waals surface area contributed by atoms with E-state index in [2.05, 4.69) is 18.9 Å². The number of benzene rings is 1. The maximum absolute atomic E-state index is 11.4. The minimum absolute atomic E-state index is 0.185. The van der Waals surface area contributed by atoms with Crippen LogP contribution in [0.5, 0.6) is 0 Å². The van der Waals surface area contributed by atoms with E-state index < -0.39 is 5.97 Å². The topological polar surface area (TPSA) is 55.1 Å². The molecule has 0 saturated carbocycles. The highest BCUT2D eigenvalue weighted by atomic mass is 35.5. The van der Waals surface area contributed by atoms with Gasteiger partial charge in [0.05, 0.1) is 11.1 Å². The van der Waals surface area contributed by atoms with E-state index in [1.807, 2.05) is 12.1 Å². The number of carbonyl (C=O) groups is 1. The fourth-order valence-corrected chi connectivity index (χ4v) is 2.48. The minimum Gasteiger partial charge on any atom is -0.478 e. The van der Waals surface area contributed by atoms with Gasteiger partial charge in [-0.25, -0.2) is 4.79 Å². The van der Waals surface area contributed by atoms with E-state index in [0.717, 1.165) is 12.8 Å². The second-order valence-corrected chi connectivity index (χ2v) is 5.03. The first kappa shape index (κ1) is 14.6. The second-order valence-electron chi connectivity index (χ2n) is 4.63. The Morgan fingerprint density at radius 3 is 2.55 bits per heavy atom. The standard InChI is InChI=1S/C15H17ClN2O2/c1-3-10(4-2)18-9-12(15(19)20)14(17-18)11-7-5-6-8-13(11)16/h5-10H,3-4H2,1-2H3,(H,19,20). The van der Waals surface area contributed by atoms with Crippen molar-refractivity contribution >= 4 is 17.6 Å². The fraction of sp³-hybridized carbons (Fsp3) is 0.333. The molecule has 4 nitrogen and oxygen atoms in total. The lowest BCUT2D eigenvalue weighted by Gasteiger charge is -2.12. The molecule has 1 aromatic heterocycles. The van der Waals surface area contributed by atoms with Gasteiger partial charge in [-0.1, -0.05) is 43.6 Å². The molecule has 0 aliphatic rings. The molecule has 1 N–H and O–H groups in total. The zero-order valence-electron chi connectivity index (χ0n) is 11.5. The van der Waals surface area contributed by atoms with Gasteiger partial charge in [0, 0.05) is 11.8 Å². The van der Waals surface area contributed by atoms with Gasteiger partial charge < -0.3 is 5.11 Å². The minimum atomic E-state index is -0.989. The number of nitrogens with zero attached hydrogens (tertiary/aromatic N) is 2. The van der Waals surface area contributed by atoms with Crippen LogP contribution in [0.2, 0.25) is 5.02 Å². The smallest absolute Gasteiger partial charge is 0.339 e. The summed E-state index contributed by atoms with van der Waals surface area (Å²) < 4.78 is 1.74. The number of aromatic nitrogens is 2. The van der Waals surface area contributed by atoms with Gasteiger partial charge in [-0.2, -0.15) is 5.10 Å². The number of aromatic carboxylic acids is 1. The molecule has 0 fully saturated rings. The lowest BCUT2D eigenvalue weighted by molar-refractivity contribution is 0.0697. The highest BCUT2D eigenvalue weighted by molar-refractivity contribution is 6.33. The molecule has 0 amide bonds. The van der Waals surface area contributed by atoms with Gasteiger partial charge in [-0.05, 0) is 18.9 Å². The van der Waals surface area contributed by atoms with Crippen LogP contribution in [0.15, 0.2) is 30.5 Å². The zero-order valence-corrected chi connectivity index (χ0v) is 12.3. The van der Waals surface area contributed by atoms with Gasteiger partial charge >= 0.3 is 5.97 Å². The van der Waals surface area contributed by atoms with Crippen molar-refractivity contribution in [3.8, 4) is 11.3 Å². The molecule has 0 atom stereocenters. The molecule has 1 heterocycles. The Kier molecular flexibility index (Phi) is 4.45. The van der Waals surface area contributed by atoms with Gasteiger partial charge in [-0.3, -0.25) is 4.68 Å². The third-order valence-electron chi connectivity index (χ3n) is 3.41. The van der Waals surface area contributed by atoms with Crippen LogP contribution in [0.3, 0.4) is 0 Å². The largest absolute Gasteiger partial charge is 0.478 e. The van der Waals surface area contributed by atoms with Gasteiger partial charge in [0.1, 0.15) is 11.3 Å². The summed E-state index contributed by atoms with van der Waals surface area (Å²) in [6.45, 7) is 4.12. The van der Waals surface area contributed by atoms with Gasteiger partial charge in [0.2, 0.25) is 0 Å². The third kappa shape index (κ3) is 2.70. The SMILES string of the molecule is CCC(CC)n1cc(C(=O)O)c(-c2ccccc2Cl)n1. The van der Waals surface area contributed by atoms with Gasteiger partial charge in [0.15, 0.2) is 0 Å². The third-order valence-corrected chi connectivity index (χ3v) is 3.74. The highest BCUT2D eigenvalue weighted by Gasteiger charge is 2.20. The van der Waals surface area contributed by atoms with Crippen LogP contribution >= 0.6 is 11.6 Å². The van der Waals surface area contributed by atoms with Crippen LogP contribution in [0.1, 0.15) is 43.1 Å². The van der Waals surface area contributed by atoms with Crippen LogP contribution in [-0.4, -0.2) is 20.9 Å². The summed E-state index contributed by atoms with van der Waals surface area (Å²) in [6, 6.07) is 7.35. The molecule has 2 rings (SSSR count). The van der Waals surface area contributed by atoms with Gasteiger partial charge in [0.25, 0.3) is 0 Å². The highest BCUT2D eigenvalue weighted by Crippen LogP contribution is 2.30. The van der Waals surface area contributed by atoms with Crippen molar-refractivity contribution in [3.05, 3.63) is 41.0 Å². The Morgan fingerprint density at radius 2 is 2.00 bits per heavy atom. The summed E-state index contributed by atoms with van der Waals surface area (Å²) in [7, 11) is 0. The van der Waals surface area contributed by atoms with E-state index in [9.17, 15) is 9.90 Å². The monoisotopic (exact) mass is 292 g/mol. The van der Waals surface area contributed by atoms with Crippen LogP contribution < -0.4 is 0 Å². The Hall–Kier alpha value is -1.81. The van der Waals surface area contributed by atoms with Gasteiger partial charge in [-0.15, -0.1) is 0 Å². The van der Waals surface area contributed by atoms with Crippen molar-refractivity contribution < 1.29 is 9.90 Å². The first-order valence-corrected chi connectivity index (χ1v) is 7.03. The van der Waals surface area contributed by atoms with E-state index in [-0.39, 0.29) is 11.6 Å². The molecule has 5 heteroatoms. The molecule has 0 unspecified atom stereocenters. The van der Waals surface area contributed by atoms with Crippen molar-refractivity contribution in [2.24, 2.45) is 0 Å². The first-order chi connectivity index (χ1) is 9.58. The quantitative estimate of drug-likeness (QED) is 0.895. The van der Waals surface area contributed by atoms with Crippen LogP contribution in [0, 0.1) is 0 Å². The van der Waals surface area contributed by atoms with E-state index in [1.165, 1.54) is 0 Å². The summed E-state index contributed by atoms with van der Waals surface area (Å²) in [5.74, 6) is -0.989. The Morgan fingerprint density at radius 1 is 1.35 bits per heavy atom. The Bertz CT molecular complexity index is 618. The van der Waals surface area contributed by atoms with E-state index in [1.54, 1.807) is 23.0 Å². The summed E-state index contributed by atoms with van der Waals surface area (Å²) in [4.78, 5) is 11.4. The number of carboxylic acids is 1. The van der Waals surface area contributed by atoms with Crippen LogP contribution in [0.25, 0.3) is 11.3 Å². The van der Waals surface area contributed by atoms with E-state index in [0.29, 0.717) is 16.3 Å². The lowest BCUT2D eigenvalue weighted by Crippen LogP contribution is -2.07. The van der Waals surface area contributed by atoms with Crippen LogP contribution in [0.4, 0.5) is 0 Å². The molecule has 0 saturated heterocycles. The molecule has 0 aliphatic carbocycles. The normalized spacial score (nSPS) is 11.0. The Balaban J connectivity index is 2.57. The predicted octanol–water partition coefficient (Wildman–Crippen LogP) is 4.26. The molecular formula is C15H17ClN2O2. The zero-order chi connectivity index (χ0) is 14.7. The molecule has 20 heavy (non-hydrogen) atoms. The number of hydrogen-bond donors (Lipinski definition) is 1. The average molecular weight is 293 g/mol. The van der Waals surface area contributed by atoms with Crippen molar-refractivity contribution in [2.75, 3.05) is 0 Å². The number of rotatable bonds is 5. The van der Waals surface area contributed by atoms with E-state index in [4.69, 9.17) is 11.6 Å². The van der Waals surface area contributed by atoms with E-state index >= 15 is 0 Å². The molecule has 2 aromatic rings. The fourth-order valence-electron chi connectivity index (χ4n) is 2.25. The molecule has 0 radical (unpaired) electrons. The van der Waals surface area contributed by atoms with Crippen molar-refractivity contribution in [1.82, 2.24) is 9.78 Å². The molecule has 106 valence electrons. The predicted molar refractivity (Wildman–Crippen MR) is 79.3 cm³/mol. The summed E-state index contributed by atoms with van der Waals surface area (Å²) in [5, 5.41) is 14.3. The van der Waals surface area contributed by atoms with Crippen molar-refractivity contribution in [3.63, 3.8) is 0 Å². The first-order valence-electron chi connectivity index (χ1n) is 6.65. The van der Waals surface area contributed by atoms with Crippen molar-refractivity contribution in [1.29, 1.82) is 0 Å². The number of halogens is 1. The summed E-state index contributed by atoms with van der Waals surface area (Å²) in [6.07, 6.45) is 3.40. The maximum Gasteiger partial charge on any atom is 0.339 e. The number of carboxylic acid groups (broad SMARTS) is 1. The molecule has 0 bridgehead atoms. The lowest BCUT2D eigenvalue weighted by atomic mass is 10.1. The molecule has 0 aliphatic heterocycles. The number of hydrogen-bond acceptors (Lipinski definition) is 2. The summed E-state index contributed by atoms with van der Waals surface area (Å²) >= 11 is 6.15. The average Bonchev–Trinajstić information content (AvgIpc) is 2.86. The second kappa shape index (κ2) is 6.09. The van der Waals surface area contributed by atoms with Crippen molar-refractivity contribution in [2.45, 2.75) is 32.7 Å². The van der Waals surface area contributed by atoms with Crippen LogP contribution in [-0.2, 0) is 0 Å². The molecule has 0 spiro atoms. The molecular weight excluding hydrogens is 276 g/mol.